The number of rotatable bonds is 6. The highest BCUT2D eigenvalue weighted by Crippen LogP contribution is 2.16. The van der Waals surface area contributed by atoms with E-state index in [4.69, 9.17) is 9.47 Å². The number of aromatic nitrogens is 3. The first-order valence-electron chi connectivity index (χ1n) is 8.76. The van der Waals surface area contributed by atoms with Gasteiger partial charge in [-0.25, -0.2) is 18.7 Å². The number of fused-ring (bicyclic) bond motifs is 1. The Morgan fingerprint density at radius 3 is 2.46 bits per heavy atom. The zero-order chi connectivity index (χ0) is 19.5. The second-order valence-corrected chi connectivity index (χ2v) is 6.31. The van der Waals surface area contributed by atoms with E-state index in [-0.39, 0.29) is 31.5 Å². The Bertz CT molecular complexity index is 1110. The maximum atomic E-state index is 12.7. The fraction of sp³-hybridized carbons (Fsp3) is 0.200. The molecule has 8 nitrogen and oxygen atoms in total. The third kappa shape index (κ3) is 3.57. The number of ketones is 1. The van der Waals surface area contributed by atoms with Gasteiger partial charge in [0.1, 0.15) is 12.4 Å². The summed E-state index contributed by atoms with van der Waals surface area (Å²) in [4.78, 5) is 41.1. The lowest BCUT2D eigenvalue weighted by molar-refractivity contribution is 0.0967. The molecule has 0 saturated heterocycles. The number of hydrogen-bond donors (Lipinski definition) is 0. The molecule has 2 aromatic carbocycles. The summed E-state index contributed by atoms with van der Waals surface area (Å²) in [6.45, 7) is 0.0118. The van der Waals surface area contributed by atoms with Gasteiger partial charge in [-0.15, -0.1) is 4.98 Å². The zero-order valence-corrected chi connectivity index (χ0v) is 14.9. The largest absolute Gasteiger partial charge is 0.490 e. The molecule has 0 radical (unpaired) electrons. The standard InChI is InChI=1S/C20H17N3O5/c24-17(14-7-3-1-4-8-14)12-22-18(25)21-19-23(20(22)26)11-16(28-19)13-27-15-9-5-2-6-10-15/h1-10,16H,11-13H2. The molecule has 0 spiro atoms. The van der Waals surface area contributed by atoms with E-state index >= 15 is 0 Å². The van der Waals surface area contributed by atoms with Crippen LogP contribution in [0.4, 0.5) is 0 Å². The Hall–Kier alpha value is -3.68. The van der Waals surface area contributed by atoms with E-state index in [0.29, 0.717) is 11.3 Å². The minimum atomic E-state index is -0.815. The van der Waals surface area contributed by atoms with Gasteiger partial charge >= 0.3 is 17.4 Å². The van der Waals surface area contributed by atoms with Crippen molar-refractivity contribution in [3.05, 3.63) is 87.2 Å². The Morgan fingerprint density at radius 2 is 1.75 bits per heavy atom. The van der Waals surface area contributed by atoms with Crippen LogP contribution in [0.25, 0.3) is 0 Å². The highest BCUT2D eigenvalue weighted by Gasteiger charge is 2.28. The Balaban J connectivity index is 1.51. The summed E-state index contributed by atoms with van der Waals surface area (Å²) in [5.74, 6) is 0.334. The number of hydrogen-bond acceptors (Lipinski definition) is 6. The smallest absolute Gasteiger partial charge is 0.356 e. The van der Waals surface area contributed by atoms with Gasteiger partial charge < -0.3 is 9.47 Å². The number of carbonyl (C=O) groups excluding carboxylic acids is 1. The van der Waals surface area contributed by atoms with Crippen LogP contribution < -0.4 is 20.9 Å². The van der Waals surface area contributed by atoms with E-state index in [1.165, 1.54) is 4.57 Å². The highest BCUT2D eigenvalue weighted by molar-refractivity contribution is 5.95. The van der Waals surface area contributed by atoms with Crippen LogP contribution in [-0.4, -0.2) is 32.6 Å². The van der Waals surface area contributed by atoms with E-state index < -0.39 is 17.5 Å². The van der Waals surface area contributed by atoms with Crippen molar-refractivity contribution in [3.63, 3.8) is 0 Å². The molecule has 0 saturated carbocycles. The summed E-state index contributed by atoms with van der Waals surface area (Å²) in [6, 6.07) is 17.6. The van der Waals surface area contributed by atoms with Crippen LogP contribution in [0.5, 0.6) is 11.8 Å². The molecule has 0 N–H and O–H groups in total. The van der Waals surface area contributed by atoms with Crippen LogP contribution in [0.2, 0.25) is 0 Å². The number of benzene rings is 2. The van der Waals surface area contributed by atoms with E-state index in [9.17, 15) is 14.4 Å². The topological polar surface area (TPSA) is 92.4 Å². The molecule has 0 aliphatic carbocycles. The summed E-state index contributed by atoms with van der Waals surface area (Å²) < 4.78 is 13.3. The second kappa shape index (κ2) is 7.51. The number of carbonyl (C=O) groups is 1. The van der Waals surface area contributed by atoms with Crippen molar-refractivity contribution in [2.75, 3.05) is 6.61 Å². The first-order valence-corrected chi connectivity index (χ1v) is 8.76. The lowest BCUT2D eigenvalue weighted by Gasteiger charge is -2.10. The summed E-state index contributed by atoms with van der Waals surface area (Å²) in [5, 5.41) is 0. The average Bonchev–Trinajstić information content (AvgIpc) is 3.14. The molecule has 2 heterocycles. The maximum Gasteiger partial charge on any atom is 0.356 e. The van der Waals surface area contributed by atoms with Crippen molar-refractivity contribution < 1.29 is 14.3 Å². The fourth-order valence-electron chi connectivity index (χ4n) is 2.93. The van der Waals surface area contributed by atoms with E-state index in [0.717, 1.165) is 4.57 Å². The van der Waals surface area contributed by atoms with Gasteiger partial charge in [-0.1, -0.05) is 48.5 Å². The molecule has 1 aromatic heterocycles. The van der Waals surface area contributed by atoms with E-state index in [1.807, 2.05) is 30.3 Å². The molecular formula is C20H17N3O5. The zero-order valence-electron chi connectivity index (χ0n) is 14.9. The van der Waals surface area contributed by atoms with Crippen molar-refractivity contribution in [2.45, 2.75) is 19.2 Å². The number of para-hydroxylation sites is 1. The van der Waals surface area contributed by atoms with Gasteiger partial charge in [-0.05, 0) is 12.1 Å². The predicted molar refractivity (Wildman–Crippen MR) is 99.9 cm³/mol. The minimum absolute atomic E-state index is 0.0555. The summed E-state index contributed by atoms with van der Waals surface area (Å²) >= 11 is 0. The van der Waals surface area contributed by atoms with Crippen molar-refractivity contribution in [3.8, 4) is 11.8 Å². The highest BCUT2D eigenvalue weighted by atomic mass is 16.6. The van der Waals surface area contributed by atoms with Crippen molar-refractivity contribution in [1.29, 1.82) is 0 Å². The van der Waals surface area contributed by atoms with E-state index in [2.05, 4.69) is 4.98 Å². The van der Waals surface area contributed by atoms with Crippen molar-refractivity contribution in [1.82, 2.24) is 14.1 Å². The fourth-order valence-corrected chi connectivity index (χ4v) is 2.93. The molecule has 8 heteroatoms. The molecule has 1 aliphatic heterocycles. The summed E-state index contributed by atoms with van der Waals surface area (Å²) in [6.07, 6.45) is -0.458. The monoisotopic (exact) mass is 379 g/mol. The Kier molecular flexibility index (Phi) is 4.76. The van der Waals surface area contributed by atoms with E-state index in [1.54, 1.807) is 30.3 Å². The average molecular weight is 379 g/mol. The van der Waals surface area contributed by atoms with Crippen LogP contribution in [0.3, 0.4) is 0 Å². The molecular weight excluding hydrogens is 362 g/mol. The first-order chi connectivity index (χ1) is 13.6. The molecule has 28 heavy (non-hydrogen) atoms. The Labute approximate surface area is 159 Å². The quantitative estimate of drug-likeness (QED) is 0.596. The second-order valence-electron chi connectivity index (χ2n) is 6.31. The molecule has 1 atom stereocenters. The molecule has 0 bridgehead atoms. The van der Waals surface area contributed by atoms with Crippen molar-refractivity contribution >= 4 is 5.78 Å². The number of Topliss-reactive ketones (excluding diaryl/α,β-unsaturated/α-hetero) is 1. The van der Waals surface area contributed by atoms with Crippen LogP contribution in [0.15, 0.2) is 70.3 Å². The molecule has 1 unspecified atom stereocenters. The lowest BCUT2D eigenvalue weighted by Crippen LogP contribution is -2.42. The van der Waals surface area contributed by atoms with Crippen LogP contribution >= 0.6 is 0 Å². The maximum absolute atomic E-state index is 12.7. The van der Waals surface area contributed by atoms with Gasteiger partial charge in [0.05, 0.1) is 13.1 Å². The van der Waals surface area contributed by atoms with Gasteiger partial charge in [-0.2, -0.15) is 0 Å². The number of ether oxygens (including phenoxy) is 2. The summed E-state index contributed by atoms with van der Waals surface area (Å²) in [7, 11) is 0. The third-order valence-corrected chi connectivity index (χ3v) is 4.35. The minimum Gasteiger partial charge on any atom is -0.490 e. The number of nitrogens with zero attached hydrogens (tertiary/aromatic N) is 3. The normalized spacial score (nSPS) is 14.9. The molecule has 0 fully saturated rings. The Morgan fingerprint density at radius 1 is 1.07 bits per heavy atom. The SMILES string of the molecule is O=C(Cn1c(=O)nc2n(c1=O)CC(COc1ccccc1)O2)c1ccccc1. The van der Waals surface area contributed by atoms with Crippen LogP contribution in [0.1, 0.15) is 10.4 Å². The molecule has 3 aromatic rings. The molecule has 142 valence electrons. The lowest BCUT2D eigenvalue weighted by atomic mass is 10.1. The van der Waals surface area contributed by atoms with Crippen molar-refractivity contribution in [2.24, 2.45) is 0 Å². The van der Waals surface area contributed by atoms with Gasteiger partial charge in [0.15, 0.2) is 11.9 Å². The predicted octanol–water partition coefficient (Wildman–Crippen LogP) is 1.13. The molecule has 1 aliphatic rings. The van der Waals surface area contributed by atoms with Gasteiger partial charge in [0.25, 0.3) is 0 Å². The molecule has 0 amide bonds. The summed E-state index contributed by atoms with van der Waals surface area (Å²) in [5.41, 5.74) is -1.02. The molecule has 4 rings (SSSR count). The first kappa shape index (κ1) is 17.7. The van der Waals surface area contributed by atoms with Gasteiger partial charge in [0.2, 0.25) is 0 Å². The van der Waals surface area contributed by atoms with Crippen LogP contribution in [0, 0.1) is 0 Å². The van der Waals surface area contributed by atoms with Crippen LogP contribution in [-0.2, 0) is 13.1 Å². The van der Waals surface area contributed by atoms with Gasteiger partial charge in [-0.3, -0.25) is 4.79 Å². The third-order valence-electron chi connectivity index (χ3n) is 4.35. The van der Waals surface area contributed by atoms with Gasteiger partial charge in [0, 0.05) is 5.56 Å².